The molecule has 26 heavy (non-hydrogen) atoms. The van der Waals surface area contributed by atoms with Crippen LogP contribution in [0.2, 0.25) is 10.0 Å². The van der Waals surface area contributed by atoms with Crippen LogP contribution in [0.3, 0.4) is 0 Å². The van der Waals surface area contributed by atoms with Gasteiger partial charge in [0.05, 0.1) is 33.6 Å². The normalized spacial score (nSPS) is 23.8. The maximum absolute atomic E-state index is 12.0. The van der Waals surface area contributed by atoms with E-state index in [4.69, 9.17) is 28.2 Å². The Labute approximate surface area is 167 Å². The summed E-state index contributed by atoms with van der Waals surface area (Å²) in [5.74, 6) is 0.954. The highest BCUT2D eigenvalue weighted by Gasteiger charge is 2.47. The lowest BCUT2D eigenvalue weighted by molar-refractivity contribution is 0.601. The van der Waals surface area contributed by atoms with E-state index in [0.717, 1.165) is 16.4 Å². The van der Waals surface area contributed by atoms with E-state index in [1.165, 1.54) is 0 Å². The molecule has 2 aromatic carbocycles. The first kappa shape index (κ1) is 18.2. The number of hydrogen-bond donors (Lipinski definition) is 0. The number of anilines is 1. The van der Waals surface area contributed by atoms with Gasteiger partial charge in [-0.2, -0.15) is 0 Å². The number of benzene rings is 2. The Hall–Kier alpha value is -1.21. The zero-order chi connectivity index (χ0) is 18.3. The molecule has 4 nitrogen and oxygen atoms in total. The molecular weight excluding hydrogens is 411 g/mol. The number of sulfone groups is 1. The fourth-order valence-electron chi connectivity index (χ4n) is 3.30. The number of aliphatic imine (C=N–C) groups is 1. The Morgan fingerprint density at radius 1 is 1.08 bits per heavy atom. The van der Waals surface area contributed by atoms with Gasteiger partial charge in [0.15, 0.2) is 15.0 Å². The van der Waals surface area contributed by atoms with Gasteiger partial charge >= 0.3 is 0 Å². The summed E-state index contributed by atoms with van der Waals surface area (Å²) in [7, 11) is -3.04. The van der Waals surface area contributed by atoms with Crippen LogP contribution >= 0.6 is 35.0 Å². The third-order valence-electron chi connectivity index (χ3n) is 4.49. The van der Waals surface area contributed by atoms with Gasteiger partial charge in [-0.1, -0.05) is 59.2 Å². The van der Waals surface area contributed by atoms with Crippen LogP contribution in [0.4, 0.5) is 5.69 Å². The molecule has 0 spiro atoms. The molecule has 2 atom stereocenters. The minimum atomic E-state index is -3.04. The number of amidine groups is 1. The molecule has 0 aliphatic carbocycles. The SMILES string of the molecule is O=S1(=O)C[C@@H]2N=C(SCc3ccc(Cl)c(Cl)c3)N(c3ccccc3)[C@H]2C1. The molecular formula is C18H16Cl2N2O2S2. The van der Waals surface area contributed by atoms with E-state index in [2.05, 4.69) is 4.90 Å². The fourth-order valence-corrected chi connectivity index (χ4v) is 6.53. The van der Waals surface area contributed by atoms with Gasteiger partial charge < -0.3 is 4.90 Å². The Morgan fingerprint density at radius 2 is 1.85 bits per heavy atom. The summed E-state index contributed by atoms with van der Waals surface area (Å²) >= 11 is 13.7. The molecule has 0 amide bonds. The molecule has 2 aliphatic rings. The summed E-state index contributed by atoms with van der Waals surface area (Å²) < 4.78 is 24.1. The summed E-state index contributed by atoms with van der Waals surface area (Å²) in [5.41, 5.74) is 2.02. The lowest BCUT2D eigenvalue weighted by Crippen LogP contribution is -2.39. The van der Waals surface area contributed by atoms with Crippen LogP contribution in [0.5, 0.6) is 0 Å². The van der Waals surface area contributed by atoms with Crippen molar-refractivity contribution < 1.29 is 8.42 Å². The van der Waals surface area contributed by atoms with E-state index in [1.807, 2.05) is 42.5 Å². The van der Waals surface area contributed by atoms with E-state index in [1.54, 1.807) is 17.8 Å². The molecule has 0 unspecified atom stereocenters. The van der Waals surface area contributed by atoms with E-state index >= 15 is 0 Å². The van der Waals surface area contributed by atoms with Gasteiger partial charge in [0.2, 0.25) is 0 Å². The van der Waals surface area contributed by atoms with Crippen molar-refractivity contribution in [3.05, 3.63) is 64.1 Å². The molecule has 0 radical (unpaired) electrons. The van der Waals surface area contributed by atoms with Gasteiger partial charge in [-0.3, -0.25) is 4.99 Å². The number of rotatable bonds is 3. The first-order chi connectivity index (χ1) is 12.4. The van der Waals surface area contributed by atoms with Crippen molar-refractivity contribution in [2.45, 2.75) is 17.8 Å². The molecule has 0 aromatic heterocycles. The molecule has 0 saturated carbocycles. The van der Waals surface area contributed by atoms with Crippen molar-refractivity contribution in [3.8, 4) is 0 Å². The molecule has 0 N–H and O–H groups in total. The van der Waals surface area contributed by atoms with Crippen LogP contribution in [-0.2, 0) is 15.6 Å². The summed E-state index contributed by atoms with van der Waals surface area (Å²) in [4.78, 5) is 6.79. The molecule has 1 fully saturated rings. The number of nitrogens with zero attached hydrogens (tertiary/aromatic N) is 2. The minimum absolute atomic E-state index is 0.123. The van der Waals surface area contributed by atoms with Gasteiger partial charge in [-0.15, -0.1) is 0 Å². The number of halogens is 2. The summed E-state index contributed by atoms with van der Waals surface area (Å²) in [6.07, 6.45) is 0. The maximum Gasteiger partial charge on any atom is 0.164 e. The predicted octanol–water partition coefficient (Wildman–Crippen LogP) is 4.27. The third-order valence-corrected chi connectivity index (χ3v) is 7.97. The van der Waals surface area contributed by atoms with Crippen LogP contribution in [0.15, 0.2) is 53.5 Å². The number of thioether (sulfide) groups is 1. The van der Waals surface area contributed by atoms with Crippen LogP contribution in [0, 0.1) is 0 Å². The number of fused-ring (bicyclic) bond motifs is 1. The first-order valence-corrected chi connectivity index (χ1v) is 11.7. The van der Waals surface area contributed by atoms with Crippen LogP contribution in [0.25, 0.3) is 0 Å². The van der Waals surface area contributed by atoms with Crippen molar-refractivity contribution in [2.24, 2.45) is 4.99 Å². The van der Waals surface area contributed by atoms with Gasteiger partial charge in [0.1, 0.15) is 0 Å². The number of hydrogen-bond acceptors (Lipinski definition) is 5. The topological polar surface area (TPSA) is 49.7 Å². The third kappa shape index (κ3) is 3.60. The van der Waals surface area contributed by atoms with Crippen molar-refractivity contribution in [1.29, 1.82) is 0 Å². The second-order valence-electron chi connectivity index (χ2n) is 6.37. The van der Waals surface area contributed by atoms with Crippen molar-refractivity contribution >= 4 is 55.7 Å². The zero-order valence-corrected chi connectivity index (χ0v) is 16.8. The van der Waals surface area contributed by atoms with Crippen LogP contribution in [-0.4, -0.2) is 37.2 Å². The minimum Gasteiger partial charge on any atom is -0.315 e. The Balaban J connectivity index is 1.59. The quantitative estimate of drug-likeness (QED) is 0.734. The van der Waals surface area contributed by atoms with E-state index in [-0.39, 0.29) is 23.6 Å². The van der Waals surface area contributed by atoms with Crippen LogP contribution < -0.4 is 4.90 Å². The van der Waals surface area contributed by atoms with Crippen molar-refractivity contribution in [1.82, 2.24) is 0 Å². The van der Waals surface area contributed by atoms with E-state index in [9.17, 15) is 8.42 Å². The van der Waals surface area contributed by atoms with Crippen molar-refractivity contribution in [3.63, 3.8) is 0 Å². The Kier molecular flexibility index (Phi) is 4.94. The van der Waals surface area contributed by atoms with E-state index < -0.39 is 9.84 Å². The van der Waals surface area contributed by atoms with Gasteiger partial charge in [0.25, 0.3) is 0 Å². The molecule has 2 heterocycles. The average molecular weight is 427 g/mol. The molecule has 8 heteroatoms. The Bertz CT molecular complexity index is 964. The molecule has 0 bridgehead atoms. The van der Waals surface area contributed by atoms with Gasteiger partial charge in [-0.25, -0.2) is 8.42 Å². The zero-order valence-electron chi connectivity index (χ0n) is 13.7. The highest BCUT2D eigenvalue weighted by Crippen LogP contribution is 2.36. The standard InChI is InChI=1S/C18H16Cl2N2O2S2/c19-14-7-6-12(8-15(14)20)9-25-18-21-16-10-26(23,24)11-17(16)22(18)13-4-2-1-3-5-13/h1-8,16-17H,9-11H2/t16-,17-/m0/s1. The number of para-hydroxylation sites is 1. The molecule has 2 aliphatic heterocycles. The lowest BCUT2D eigenvalue weighted by atomic mass is 10.1. The van der Waals surface area contributed by atoms with Gasteiger partial charge in [-0.05, 0) is 29.8 Å². The average Bonchev–Trinajstić information content (AvgIpc) is 3.07. The summed E-state index contributed by atoms with van der Waals surface area (Å²) in [5, 5.41) is 1.91. The second-order valence-corrected chi connectivity index (χ2v) is 10.3. The van der Waals surface area contributed by atoms with Crippen LogP contribution in [0.1, 0.15) is 5.56 Å². The predicted molar refractivity (Wildman–Crippen MR) is 110 cm³/mol. The molecule has 136 valence electrons. The first-order valence-electron chi connectivity index (χ1n) is 8.12. The highest BCUT2D eigenvalue weighted by atomic mass is 35.5. The largest absolute Gasteiger partial charge is 0.315 e. The smallest absolute Gasteiger partial charge is 0.164 e. The fraction of sp³-hybridized carbons (Fsp3) is 0.278. The monoisotopic (exact) mass is 426 g/mol. The van der Waals surface area contributed by atoms with Gasteiger partial charge in [0, 0.05) is 11.4 Å². The second kappa shape index (κ2) is 7.08. The Morgan fingerprint density at radius 3 is 2.58 bits per heavy atom. The van der Waals surface area contributed by atoms with E-state index in [0.29, 0.717) is 15.8 Å². The maximum atomic E-state index is 12.0. The summed E-state index contributed by atoms with van der Waals surface area (Å²) in [6, 6.07) is 15.1. The lowest BCUT2D eigenvalue weighted by Gasteiger charge is -2.26. The molecule has 4 rings (SSSR count). The summed E-state index contributed by atoms with van der Waals surface area (Å²) in [6.45, 7) is 0. The molecule has 1 saturated heterocycles. The molecule has 2 aromatic rings. The highest BCUT2D eigenvalue weighted by molar-refractivity contribution is 8.13. The van der Waals surface area contributed by atoms with Crippen molar-refractivity contribution in [2.75, 3.05) is 16.4 Å².